The van der Waals surface area contributed by atoms with E-state index in [1.54, 1.807) is 18.2 Å². The molecule has 122 valence electrons. The molecule has 3 aromatic rings. The molecule has 4 rings (SSSR count). The van der Waals surface area contributed by atoms with Gasteiger partial charge in [0.25, 0.3) is 5.69 Å². The van der Waals surface area contributed by atoms with E-state index in [1.165, 1.54) is 34.7 Å². The normalized spacial score (nSPS) is 12.8. The minimum Gasteiger partial charge on any atom is -0.289 e. The van der Waals surface area contributed by atoms with Crippen LogP contribution in [0.1, 0.15) is 27.0 Å². The number of hydrogen-bond donors (Lipinski definition) is 0. The molecular weight excluding hydrogens is 314 g/mol. The van der Waals surface area contributed by atoms with Gasteiger partial charge in [0.15, 0.2) is 5.78 Å². The van der Waals surface area contributed by atoms with Gasteiger partial charge in [-0.05, 0) is 58.5 Å². The number of rotatable bonds is 4. The number of carbonyl (C=O) groups is 1. The van der Waals surface area contributed by atoms with E-state index < -0.39 is 4.92 Å². The smallest absolute Gasteiger partial charge is 0.269 e. The van der Waals surface area contributed by atoms with Crippen molar-refractivity contribution < 1.29 is 9.72 Å². The first-order valence-electron chi connectivity index (χ1n) is 8.14. The van der Waals surface area contributed by atoms with Crippen LogP contribution in [-0.2, 0) is 12.8 Å². The molecule has 0 atom stereocenters. The highest BCUT2D eigenvalue weighted by molar-refractivity contribution is 6.15. The molecule has 0 unspecified atom stereocenters. The highest BCUT2D eigenvalue weighted by Crippen LogP contribution is 2.33. The largest absolute Gasteiger partial charge is 0.289 e. The maximum atomic E-state index is 12.7. The molecule has 0 bridgehead atoms. The van der Waals surface area contributed by atoms with Crippen molar-refractivity contribution in [2.75, 3.05) is 0 Å². The average Bonchev–Trinajstić information content (AvgIpc) is 3.05. The van der Waals surface area contributed by atoms with Crippen LogP contribution in [0.15, 0.2) is 60.7 Å². The van der Waals surface area contributed by atoms with Gasteiger partial charge in [-0.3, -0.25) is 14.9 Å². The first-order chi connectivity index (χ1) is 12.1. The molecule has 4 heteroatoms. The van der Waals surface area contributed by atoms with Crippen LogP contribution in [0.3, 0.4) is 0 Å². The Morgan fingerprint density at radius 2 is 1.68 bits per heavy atom. The first-order valence-corrected chi connectivity index (χ1v) is 8.14. The minimum absolute atomic E-state index is 0.0379. The summed E-state index contributed by atoms with van der Waals surface area (Å²) in [5.41, 5.74) is 4.10. The topological polar surface area (TPSA) is 60.2 Å². The van der Waals surface area contributed by atoms with Crippen LogP contribution < -0.4 is 0 Å². The van der Waals surface area contributed by atoms with Crippen LogP contribution in [0, 0.1) is 10.1 Å². The van der Waals surface area contributed by atoms with Gasteiger partial charge in [-0.15, -0.1) is 0 Å². The second-order valence-electron chi connectivity index (χ2n) is 6.16. The van der Waals surface area contributed by atoms with Crippen LogP contribution in [0.2, 0.25) is 0 Å². The predicted molar refractivity (Wildman–Crippen MR) is 97.8 cm³/mol. The Hall–Kier alpha value is -3.27. The monoisotopic (exact) mass is 329 g/mol. The van der Waals surface area contributed by atoms with Crippen LogP contribution in [0.4, 0.5) is 5.69 Å². The molecule has 1 aliphatic carbocycles. The fourth-order valence-electron chi connectivity index (χ4n) is 3.43. The lowest BCUT2D eigenvalue weighted by molar-refractivity contribution is -0.384. The fourth-order valence-corrected chi connectivity index (χ4v) is 3.43. The maximum absolute atomic E-state index is 12.7. The van der Waals surface area contributed by atoms with Crippen LogP contribution in [0.5, 0.6) is 0 Å². The van der Waals surface area contributed by atoms with E-state index >= 15 is 0 Å². The fraction of sp³-hybridized carbons (Fsp3) is 0.0952. The lowest BCUT2D eigenvalue weighted by Gasteiger charge is -2.06. The van der Waals surface area contributed by atoms with Crippen molar-refractivity contribution in [2.24, 2.45) is 0 Å². The Bertz CT molecular complexity index is 1020. The number of hydrogen-bond acceptors (Lipinski definition) is 3. The van der Waals surface area contributed by atoms with E-state index in [0.717, 1.165) is 23.8 Å². The van der Waals surface area contributed by atoms with E-state index in [0.29, 0.717) is 5.56 Å². The van der Waals surface area contributed by atoms with Gasteiger partial charge in [-0.2, -0.15) is 0 Å². The predicted octanol–water partition coefficient (Wildman–Crippen LogP) is 4.74. The maximum Gasteiger partial charge on any atom is 0.269 e. The standard InChI is InChI=1S/C21H15NO3/c23-20(13-6-14-4-10-17(11-5-14)22(24)25)18-12-9-16-8-7-15-2-1-3-19(18)21(15)16/h1-6,9-13H,7-8H2. The Labute approximate surface area is 144 Å². The lowest BCUT2D eigenvalue weighted by Crippen LogP contribution is -1.97. The average molecular weight is 329 g/mol. The molecule has 1 aliphatic rings. The number of nitro groups is 1. The molecule has 0 N–H and O–H groups in total. The molecule has 0 saturated carbocycles. The zero-order valence-corrected chi connectivity index (χ0v) is 13.4. The number of nitro benzene ring substituents is 1. The molecule has 0 radical (unpaired) electrons. The Kier molecular flexibility index (Phi) is 3.65. The molecule has 0 aliphatic heterocycles. The third-order valence-electron chi connectivity index (χ3n) is 4.67. The summed E-state index contributed by atoms with van der Waals surface area (Å²) in [5, 5.41) is 12.9. The summed E-state index contributed by atoms with van der Waals surface area (Å²) in [6.45, 7) is 0. The quantitative estimate of drug-likeness (QED) is 0.300. The zero-order valence-electron chi connectivity index (χ0n) is 13.4. The molecule has 0 saturated heterocycles. The molecule has 4 nitrogen and oxygen atoms in total. The summed E-state index contributed by atoms with van der Waals surface area (Å²) >= 11 is 0. The summed E-state index contributed by atoms with van der Waals surface area (Å²) < 4.78 is 0. The number of non-ortho nitro benzene ring substituents is 1. The highest BCUT2D eigenvalue weighted by Gasteiger charge is 2.17. The third kappa shape index (κ3) is 2.72. The van der Waals surface area contributed by atoms with E-state index in [2.05, 4.69) is 6.07 Å². The molecule has 0 spiro atoms. The molecule has 0 amide bonds. The van der Waals surface area contributed by atoms with Gasteiger partial charge in [0, 0.05) is 17.7 Å². The zero-order chi connectivity index (χ0) is 17.4. The van der Waals surface area contributed by atoms with Crippen LogP contribution in [-0.4, -0.2) is 10.7 Å². The third-order valence-corrected chi connectivity index (χ3v) is 4.67. The number of benzene rings is 3. The van der Waals surface area contributed by atoms with E-state index in [-0.39, 0.29) is 11.5 Å². The summed E-state index contributed by atoms with van der Waals surface area (Å²) in [6.07, 6.45) is 5.28. The Morgan fingerprint density at radius 1 is 0.960 bits per heavy atom. The van der Waals surface area contributed by atoms with Gasteiger partial charge in [-0.1, -0.05) is 36.4 Å². The summed E-state index contributed by atoms with van der Waals surface area (Å²) in [5.74, 6) is -0.0612. The van der Waals surface area contributed by atoms with Crippen LogP contribution in [0.25, 0.3) is 16.8 Å². The second kappa shape index (κ2) is 5.98. The van der Waals surface area contributed by atoms with Gasteiger partial charge >= 0.3 is 0 Å². The van der Waals surface area contributed by atoms with Crippen LogP contribution >= 0.6 is 0 Å². The molecule has 3 aromatic carbocycles. The second-order valence-corrected chi connectivity index (χ2v) is 6.16. The number of carbonyl (C=O) groups excluding carboxylic acids is 1. The minimum atomic E-state index is -0.439. The Balaban J connectivity index is 1.66. The van der Waals surface area contributed by atoms with E-state index in [9.17, 15) is 14.9 Å². The first kappa shape index (κ1) is 15.3. The molecule has 0 aromatic heterocycles. The van der Waals surface area contributed by atoms with Crippen molar-refractivity contribution in [3.8, 4) is 0 Å². The summed E-state index contributed by atoms with van der Waals surface area (Å²) in [4.78, 5) is 22.9. The lowest BCUT2D eigenvalue weighted by atomic mass is 9.97. The van der Waals surface area contributed by atoms with Crippen molar-refractivity contribution in [1.82, 2.24) is 0 Å². The van der Waals surface area contributed by atoms with Crippen molar-refractivity contribution in [1.29, 1.82) is 0 Å². The van der Waals surface area contributed by atoms with E-state index in [1.807, 2.05) is 24.3 Å². The number of nitrogens with zero attached hydrogens (tertiary/aromatic N) is 1. The number of ketones is 1. The van der Waals surface area contributed by atoms with Crippen molar-refractivity contribution in [3.63, 3.8) is 0 Å². The summed E-state index contributed by atoms with van der Waals surface area (Å²) in [6, 6.07) is 16.2. The van der Waals surface area contributed by atoms with Gasteiger partial charge < -0.3 is 0 Å². The van der Waals surface area contributed by atoms with E-state index in [4.69, 9.17) is 0 Å². The van der Waals surface area contributed by atoms with Gasteiger partial charge in [-0.25, -0.2) is 0 Å². The van der Waals surface area contributed by atoms with Crippen molar-refractivity contribution in [2.45, 2.75) is 12.8 Å². The molecular formula is C21H15NO3. The molecule has 25 heavy (non-hydrogen) atoms. The van der Waals surface area contributed by atoms with Gasteiger partial charge in [0.2, 0.25) is 0 Å². The van der Waals surface area contributed by atoms with Gasteiger partial charge in [0.05, 0.1) is 4.92 Å². The Morgan fingerprint density at radius 3 is 2.40 bits per heavy atom. The number of aryl methyl sites for hydroxylation is 2. The SMILES string of the molecule is O=C(C=Cc1ccc([N+](=O)[O-])cc1)c1ccc2c3c(cccc13)CC2. The van der Waals surface area contributed by atoms with Crippen molar-refractivity contribution >= 4 is 28.3 Å². The molecule has 0 heterocycles. The molecule has 0 fully saturated rings. The highest BCUT2D eigenvalue weighted by atomic mass is 16.6. The van der Waals surface area contributed by atoms with Gasteiger partial charge in [0.1, 0.15) is 0 Å². The van der Waals surface area contributed by atoms with Crippen molar-refractivity contribution in [3.05, 3.63) is 93.0 Å². The number of allylic oxidation sites excluding steroid dienone is 1. The summed E-state index contributed by atoms with van der Waals surface area (Å²) in [7, 11) is 0.